The van der Waals surface area contributed by atoms with E-state index in [1.807, 2.05) is 0 Å². The summed E-state index contributed by atoms with van der Waals surface area (Å²) in [6.45, 7) is 0. The lowest BCUT2D eigenvalue weighted by Crippen LogP contribution is -2.31. The molecule has 0 amide bonds. The van der Waals surface area contributed by atoms with Gasteiger partial charge in [0.25, 0.3) is 0 Å². The third kappa shape index (κ3) is 4.20. The summed E-state index contributed by atoms with van der Waals surface area (Å²) in [7, 11) is 0. The summed E-state index contributed by atoms with van der Waals surface area (Å²) >= 11 is 0. The van der Waals surface area contributed by atoms with Crippen LogP contribution in [0.4, 0.5) is 0 Å². The molecule has 0 aromatic heterocycles. The van der Waals surface area contributed by atoms with Gasteiger partial charge in [0.15, 0.2) is 23.4 Å². The standard InChI is InChI=1S/C29H24O12/c30-11-3-17(32)15-8-21(36)28(40-23(15)5-11)10-1-13-14(7-20(35)27(39)25(13)26(38)19(34)2-10)29-22(37)9-16-18(33)4-12(31)6-24(16)41-29/h1-7,21-22,28-33,35-37,39H,8-9H2,(H,34,38)/t21-,22-,28?,29?/m1/s1. The van der Waals surface area contributed by atoms with Gasteiger partial charge in [0, 0.05) is 53.8 Å². The quantitative estimate of drug-likeness (QED) is 0.160. The first-order valence-corrected chi connectivity index (χ1v) is 12.5. The highest BCUT2D eigenvalue weighted by molar-refractivity contribution is 5.94. The molecule has 0 saturated carbocycles. The summed E-state index contributed by atoms with van der Waals surface area (Å²) in [6.07, 6.45) is -5.40. The Kier molecular flexibility index (Phi) is 5.90. The van der Waals surface area contributed by atoms with Crippen LogP contribution in [0, 0.1) is 0 Å². The Labute approximate surface area is 230 Å². The van der Waals surface area contributed by atoms with Crippen molar-refractivity contribution in [1.29, 1.82) is 0 Å². The molecule has 0 aliphatic carbocycles. The number of phenolic OH excluding ortho intramolecular Hbond substituents is 6. The zero-order chi connectivity index (χ0) is 29.3. The molecule has 0 spiro atoms. The molecule has 0 bridgehead atoms. The van der Waals surface area contributed by atoms with E-state index in [0.29, 0.717) is 0 Å². The van der Waals surface area contributed by atoms with E-state index in [-0.39, 0.29) is 75.0 Å². The van der Waals surface area contributed by atoms with Gasteiger partial charge in [-0.05, 0) is 29.1 Å². The first-order valence-electron chi connectivity index (χ1n) is 12.5. The predicted octanol–water partition coefficient (Wildman–Crippen LogP) is 2.21. The highest BCUT2D eigenvalue weighted by Crippen LogP contribution is 2.47. The molecule has 2 unspecified atom stereocenters. The van der Waals surface area contributed by atoms with Crippen LogP contribution in [0.3, 0.4) is 0 Å². The maximum atomic E-state index is 13.2. The predicted molar refractivity (Wildman–Crippen MR) is 141 cm³/mol. The molecule has 4 atom stereocenters. The number of benzene rings is 3. The minimum atomic E-state index is -1.34. The molecule has 0 saturated heterocycles. The molecule has 12 nitrogen and oxygen atoms in total. The summed E-state index contributed by atoms with van der Waals surface area (Å²) in [5.41, 5.74) is -0.578. The molecule has 0 radical (unpaired) electrons. The number of hydrogen-bond acceptors (Lipinski definition) is 12. The van der Waals surface area contributed by atoms with Gasteiger partial charge in [0.1, 0.15) is 40.6 Å². The van der Waals surface area contributed by atoms with Crippen LogP contribution in [0.15, 0.2) is 47.3 Å². The van der Waals surface area contributed by atoms with Crippen LogP contribution in [0.2, 0.25) is 0 Å². The fourth-order valence-corrected chi connectivity index (χ4v) is 5.52. The molecule has 2 heterocycles. The minimum absolute atomic E-state index is 0.00576. The number of aliphatic hydroxyl groups excluding tert-OH is 2. The molecular formula is C29H24O12. The van der Waals surface area contributed by atoms with E-state index in [1.54, 1.807) is 0 Å². The van der Waals surface area contributed by atoms with Crippen molar-refractivity contribution in [2.24, 2.45) is 0 Å². The van der Waals surface area contributed by atoms with Crippen molar-refractivity contribution in [3.8, 4) is 51.7 Å². The van der Waals surface area contributed by atoms with Crippen LogP contribution in [0.25, 0.3) is 10.8 Å². The topological polar surface area (TPSA) is 218 Å². The van der Waals surface area contributed by atoms with E-state index in [0.717, 1.165) is 24.3 Å². The van der Waals surface area contributed by atoms with Crippen LogP contribution in [-0.2, 0) is 12.8 Å². The average molecular weight is 564 g/mol. The summed E-state index contributed by atoms with van der Waals surface area (Å²) in [5.74, 6) is -3.57. The van der Waals surface area contributed by atoms with E-state index >= 15 is 0 Å². The maximum Gasteiger partial charge on any atom is 0.231 e. The van der Waals surface area contributed by atoms with Crippen LogP contribution in [-0.4, -0.2) is 58.2 Å². The van der Waals surface area contributed by atoms with Crippen molar-refractivity contribution in [2.75, 3.05) is 0 Å². The normalized spacial score (nSPS) is 21.4. The van der Waals surface area contributed by atoms with E-state index in [1.165, 1.54) is 18.2 Å². The van der Waals surface area contributed by atoms with E-state index in [4.69, 9.17) is 9.47 Å². The Hall–Kier alpha value is -5.07. The molecular weight excluding hydrogens is 540 g/mol. The molecule has 4 aromatic carbocycles. The molecule has 9 N–H and O–H groups in total. The Morgan fingerprint density at radius 2 is 1.15 bits per heavy atom. The van der Waals surface area contributed by atoms with Crippen molar-refractivity contribution in [2.45, 2.75) is 37.3 Å². The molecule has 2 aliphatic rings. The highest BCUT2D eigenvalue weighted by Gasteiger charge is 2.36. The summed E-state index contributed by atoms with van der Waals surface area (Å²) in [5, 5.41) is 93.5. The second-order valence-electron chi connectivity index (χ2n) is 10.1. The van der Waals surface area contributed by atoms with Crippen molar-refractivity contribution < 1.29 is 55.4 Å². The minimum Gasteiger partial charge on any atom is -0.508 e. The van der Waals surface area contributed by atoms with Gasteiger partial charge in [0.05, 0.1) is 17.6 Å². The number of rotatable bonds is 2. The fraction of sp³-hybridized carbons (Fsp3) is 0.207. The summed E-state index contributed by atoms with van der Waals surface area (Å²) in [4.78, 5) is 13.2. The number of hydrogen-bond donors (Lipinski definition) is 9. The smallest absolute Gasteiger partial charge is 0.231 e. The molecule has 2 aliphatic heterocycles. The third-order valence-electron chi connectivity index (χ3n) is 7.43. The van der Waals surface area contributed by atoms with Gasteiger partial charge in [-0.25, -0.2) is 0 Å². The lowest BCUT2D eigenvalue weighted by molar-refractivity contribution is 0.0193. The van der Waals surface area contributed by atoms with Crippen molar-refractivity contribution in [3.05, 3.63) is 74.9 Å². The Balaban J connectivity index is 1.56. The summed E-state index contributed by atoms with van der Waals surface area (Å²) in [6, 6.07) is 8.05. The lowest BCUT2D eigenvalue weighted by Gasteiger charge is -2.32. The van der Waals surface area contributed by atoms with Crippen molar-refractivity contribution in [1.82, 2.24) is 0 Å². The lowest BCUT2D eigenvalue weighted by atomic mass is 9.90. The van der Waals surface area contributed by atoms with Gasteiger partial charge in [-0.15, -0.1) is 0 Å². The van der Waals surface area contributed by atoms with Gasteiger partial charge in [0.2, 0.25) is 5.43 Å². The van der Waals surface area contributed by atoms with Crippen molar-refractivity contribution >= 4 is 10.8 Å². The molecule has 6 rings (SSSR count). The molecule has 41 heavy (non-hydrogen) atoms. The van der Waals surface area contributed by atoms with E-state index in [9.17, 15) is 50.8 Å². The van der Waals surface area contributed by atoms with Crippen LogP contribution in [0.1, 0.15) is 34.5 Å². The highest BCUT2D eigenvalue weighted by atomic mass is 16.5. The first kappa shape index (κ1) is 26.2. The Morgan fingerprint density at radius 3 is 1.73 bits per heavy atom. The molecule has 0 fully saturated rings. The van der Waals surface area contributed by atoms with E-state index in [2.05, 4.69) is 0 Å². The molecule has 4 aromatic rings. The van der Waals surface area contributed by atoms with Crippen LogP contribution < -0.4 is 14.9 Å². The van der Waals surface area contributed by atoms with Crippen LogP contribution in [0.5, 0.6) is 51.7 Å². The average Bonchev–Trinajstić information content (AvgIpc) is 3.03. The van der Waals surface area contributed by atoms with Gasteiger partial charge in [-0.1, -0.05) is 0 Å². The number of aromatic hydroxyl groups is 7. The monoisotopic (exact) mass is 564 g/mol. The zero-order valence-electron chi connectivity index (χ0n) is 21.0. The second-order valence-corrected chi connectivity index (χ2v) is 10.1. The maximum absolute atomic E-state index is 13.2. The van der Waals surface area contributed by atoms with Gasteiger partial charge >= 0.3 is 0 Å². The third-order valence-corrected chi connectivity index (χ3v) is 7.43. The fourth-order valence-electron chi connectivity index (χ4n) is 5.52. The summed E-state index contributed by atoms with van der Waals surface area (Å²) < 4.78 is 11.8. The largest absolute Gasteiger partial charge is 0.508 e. The number of fused-ring (bicyclic) bond motifs is 3. The Bertz CT molecular complexity index is 1800. The van der Waals surface area contributed by atoms with E-state index < -0.39 is 52.5 Å². The number of phenols is 6. The van der Waals surface area contributed by atoms with Gasteiger partial charge < -0.3 is 55.4 Å². The SMILES string of the molecule is O=c1c(O)cc(C2Oc3cc(O)cc(O)c3C[C@H]2O)cc2c(C3Oc4cc(O)cc(O)c4C[C@H]3O)cc(O)c(O)c12. The molecule has 212 valence electrons. The van der Waals surface area contributed by atoms with Crippen molar-refractivity contribution in [3.63, 3.8) is 0 Å². The zero-order valence-corrected chi connectivity index (χ0v) is 21.0. The number of ether oxygens (including phenoxy) is 2. The second kappa shape index (κ2) is 9.25. The van der Waals surface area contributed by atoms with Gasteiger partial charge in [-0.3, -0.25) is 4.79 Å². The first-order chi connectivity index (χ1) is 19.4. The van der Waals surface area contributed by atoms with Crippen LogP contribution >= 0.6 is 0 Å². The molecule has 12 heteroatoms. The number of aliphatic hydroxyl groups is 2. The van der Waals surface area contributed by atoms with Gasteiger partial charge in [-0.2, -0.15) is 0 Å². The Morgan fingerprint density at radius 1 is 0.610 bits per heavy atom.